The maximum absolute atomic E-state index is 13.7. The van der Waals surface area contributed by atoms with Gasteiger partial charge < -0.3 is 11.1 Å². The first-order chi connectivity index (χ1) is 8.99. The molecule has 2 aromatic carbocycles. The normalized spacial score (nSPS) is 10.3. The summed E-state index contributed by atoms with van der Waals surface area (Å²) in [5, 5.41) is 2.96. The van der Waals surface area contributed by atoms with Crippen molar-refractivity contribution in [3.05, 3.63) is 59.2 Å². The minimum Gasteiger partial charge on any atom is -0.389 e. The molecular formula is C14H12F2N2S. The van der Waals surface area contributed by atoms with Gasteiger partial charge in [-0.1, -0.05) is 24.4 Å². The molecule has 98 valence electrons. The number of nitrogens with two attached hydrogens (primary N) is 1. The summed E-state index contributed by atoms with van der Waals surface area (Å²) < 4.78 is 26.9. The van der Waals surface area contributed by atoms with Crippen molar-refractivity contribution < 1.29 is 8.78 Å². The number of hydrogen-bond donors (Lipinski definition) is 2. The summed E-state index contributed by atoms with van der Waals surface area (Å²) in [5.74, 6) is -0.882. The molecule has 0 fully saturated rings. The van der Waals surface area contributed by atoms with Crippen LogP contribution in [0.5, 0.6) is 0 Å². The van der Waals surface area contributed by atoms with E-state index in [1.165, 1.54) is 24.3 Å². The van der Waals surface area contributed by atoms with E-state index in [2.05, 4.69) is 5.32 Å². The Morgan fingerprint density at radius 3 is 2.58 bits per heavy atom. The summed E-state index contributed by atoms with van der Waals surface area (Å²) in [5.41, 5.74) is 7.44. The van der Waals surface area contributed by atoms with Gasteiger partial charge in [0.2, 0.25) is 0 Å². The monoisotopic (exact) mass is 278 g/mol. The average molecular weight is 278 g/mol. The molecule has 0 atom stereocenters. The van der Waals surface area contributed by atoms with Crippen LogP contribution in [0.3, 0.4) is 0 Å². The predicted octanol–water partition coefficient (Wildman–Crippen LogP) is 3.65. The molecule has 0 radical (unpaired) electrons. The zero-order valence-corrected chi connectivity index (χ0v) is 11.0. The third-order valence-corrected chi connectivity index (χ3v) is 2.93. The van der Waals surface area contributed by atoms with E-state index in [0.717, 1.165) is 5.56 Å². The number of thiocarbonyl (C=S) groups is 1. The van der Waals surface area contributed by atoms with Gasteiger partial charge in [-0.2, -0.15) is 0 Å². The smallest absolute Gasteiger partial charge is 0.135 e. The fraction of sp³-hybridized carbons (Fsp3) is 0.0714. The van der Waals surface area contributed by atoms with Gasteiger partial charge in [-0.05, 0) is 36.8 Å². The molecule has 0 amide bonds. The summed E-state index contributed by atoms with van der Waals surface area (Å²) in [4.78, 5) is -0.0466. The molecule has 2 rings (SSSR count). The molecule has 0 saturated carbocycles. The highest BCUT2D eigenvalue weighted by Crippen LogP contribution is 2.25. The number of nitrogens with one attached hydrogen (secondary N) is 1. The van der Waals surface area contributed by atoms with Crippen molar-refractivity contribution in [1.82, 2.24) is 0 Å². The Bertz CT molecular complexity index is 641. The zero-order valence-electron chi connectivity index (χ0n) is 10.2. The molecule has 0 aromatic heterocycles. The number of rotatable bonds is 3. The van der Waals surface area contributed by atoms with Gasteiger partial charge in [0.1, 0.15) is 16.6 Å². The number of halogens is 2. The first kappa shape index (κ1) is 13.4. The van der Waals surface area contributed by atoms with Crippen LogP contribution in [0.4, 0.5) is 20.2 Å². The van der Waals surface area contributed by atoms with Crippen LogP contribution in [-0.2, 0) is 0 Å². The first-order valence-electron chi connectivity index (χ1n) is 5.60. The molecule has 0 spiro atoms. The van der Waals surface area contributed by atoms with Crippen molar-refractivity contribution >= 4 is 28.6 Å². The second-order valence-corrected chi connectivity index (χ2v) is 4.55. The lowest BCUT2D eigenvalue weighted by Crippen LogP contribution is -2.14. The Morgan fingerprint density at radius 2 is 1.89 bits per heavy atom. The highest BCUT2D eigenvalue weighted by atomic mass is 32.1. The van der Waals surface area contributed by atoms with Crippen LogP contribution in [0, 0.1) is 18.6 Å². The van der Waals surface area contributed by atoms with Gasteiger partial charge in [0.05, 0.1) is 11.3 Å². The van der Waals surface area contributed by atoms with E-state index in [4.69, 9.17) is 18.0 Å². The Hall–Kier alpha value is -2.01. The Labute approximate surface area is 115 Å². The average Bonchev–Trinajstić information content (AvgIpc) is 2.33. The molecule has 2 aromatic rings. The molecule has 0 unspecified atom stereocenters. The largest absolute Gasteiger partial charge is 0.389 e. The molecule has 0 aliphatic carbocycles. The highest BCUT2D eigenvalue weighted by molar-refractivity contribution is 7.80. The molecule has 0 saturated heterocycles. The fourth-order valence-electron chi connectivity index (χ4n) is 1.75. The number of benzene rings is 2. The number of anilines is 2. The molecule has 19 heavy (non-hydrogen) atoms. The van der Waals surface area contributed by atoms with E-state index in [-0.39, 0.29) is 16.4 Å². The molecule has 0 bridgehead atoms. The lowest BCUT2D eigenvalue weighted by Gasteiger charge is -2.13. The second kappa shape index (κ2) is 5.32. The Morgan fingerprint density at radius 1 is 1.16 bits per heavy atom. The van der Waals surface area contributed by atoms with Crippen molar-refractivity contribution in [2.24, 2.45) is 5.73 Å². The quantitative estimate of drug-likeness (QED) is 0.842. The van der Waals surface area contributed by atoms with Crippen molar-refractivity contribution in [3.8, 4) is 0 Å². The van der Waals surface area contributed by atoms with E-state index >= 15 is 0 Å². The summed E-state index contributed by atoms with van der Waals surface area (Å²) >= 11 is 4.84. The van der Waals surface area contributed by atoms with Gasteiger partial charge >= 0.3 is 0 Å². The van der Waals surface area contributed by atoms with Crippen LogP contribution in [-0.4, -0.2) is 4.99 Å². The standard InChI is InChI=1S/C14H12F2N2S/c1-8-5-6-9(15)7-12(8)18-11-4-2-3-10(16)13(11)14(17)19/h2-7,18H,1H3,(H2,17,19). The van der Waals surface area contributed by atoms with Gasteiger partial charge in [0.25, 0.3) is 0 Å². The Balaban J connectivity index is 2.46. The first-order valence-corrected chi connectivity index (χ1v) is 6.01. The molecule has 5 heteroatoms. The summed E-state index contributed by atoms with van der Waals surface area (Å²) in [6, 6.07) is 8.79. The molecule has 0 aliphatic rings. The van der Waals surface area contributed by atoms with Crippen LogP contribution >= 0.6 is 12.2 Å². The molecule has 2 nitrogen and oxygen atoms in total. The van der Waals surface area contributed by atoms with E-state index < -0.39 is 5.82 Å². The van der Waals surface area contributed by atoms with Crippen LogP contribution in [0.15, 0.2) is 36.4 Å². The summed E-state index contributed by atoms with van der Waals surface area (Å²) in [6.45, 7) is 1.82. The maximum Gasteiger partial charge on any atom is 0.135 e. The van der Waals surface area contributed by atoms with Crippen LogP contribution in [0.1, 0.15) is 11.1 Å². The van der Waals surface area contributed by atoms with Crippen LogP contribution in [0.2, 0.25) is 0 Å². The number of hydrogen-bond acceptors (Lipinski definition) is 2. The van der Waals surface area contributed by atoms with Gasteiger partial charge in [-0.15, -0.1) is 0 Å². The maximum atomic E-state index is 13.7. The van der Waals surface area contributed by atoms with Gasteiger partial charge in [0, 0.05) is 5.69 Å². The van der Waals surface area contributed by atoms with Crippen molar-refractivity contribution in [2.45, 2.75) is 6.92 Å². The van der Waals surface area contributed by atoms with E-state index in [0.29, 0.717) is 11.4 Å². The van der Waals surface area contributed by atoms with Crippen molar-refractivity contribution in [3.63, 3.8) is 0 Å². The molecular weight excluding hydrogens is 266 g/mol. The molecule has 3 N–H and O–H groups in total. The van der Waals surface area contributed by atoms with Gasteiger partial charge in [-0.3, -0.25) is 0 Å². The zero-order chi connectivity index (χ0) is 14.0. The lowest BCUT2D eigenvalue weighted by molar-refractivity contribution is 0.626. The van der Waals surface area contributed by atoms with E-state index in [9.17, 15) is 8.78 Å². The van der Waals surface area contributed by atoms with Crippen molar-refractivity contribution in [1.29, 1.82) is 0 Å². The third-order valence-electron chi connectivity index (χ3n) is 2.73. The molecule has 0 aliphatic heterocycles. The Kier molecular flexibility index (Phi) is 3.76. The number of aryl methyl sites for hydroxylation is 1. The summed E-state index contributed by atoms with van der Waals surface area (Å²) in [7, 11) is 0. The SMILES string of the molecule is Cc1ccc(F)cc1Nc1cccc(F)c1C(N)=S. The molecule has 0 heterocycles. The van der Waals surface area contributed by atoms with E-state index in [1.54, 1.807) is 12.1 Å². The van der Waals surface area contributed by atoms with Crippen LogP contribution in [0.25, 0.3) is 0 Å². The van der Waals surface area contributed by atoms with Gasteiger partial charge in [0.15, 0.2) is 0 Å². The van der Waals surface area contributed by atoms with Crippen molar-refractivity contribution in [2.75, 3.05) is 5.32 Å². The lowest BCUT2D eigenvalue weighted by atomic mass is 10.1. The van der Waals surface area contributed by atoms with Crippen LogP contribution < -0.4 is 11.1 Å². The minimum absolute atomic E-state index is 0.0466. The van der Waals surface area contributed by atoms with Gasteiger partial charge in [-0.25, -0.2) is 8.78 Å². The predicted molar refractivity (Wildman–Crippen MR) is 76.7 cm³/mol. The van der Waals surface area contributed by atoms with E-state index in [1.807, 2.05) is 6.92 Å². The topological polar surface area (TPSA) is 38.0 Å². The fourth-order valence-corrected chi connectivity index (χ4v) is 1.96. The summed E-state index contributed by atoms with van der Waals surface area (Å²) in [6.07, 6.45) is 0. The minimum atomic E-state index is -0.508. The third kappa shape index (κ3) is 2.88. The second-order valence-electron chi connectivity index (χ2n) is 4.11. The highest BCUT2D eigenvalue weighted by Gasteiger charge is 2.12.